The van der Waals surface area contributed by atoms with Crippen molar-refractivity contribution < 1.29 is 0 Å². The fourth-order valence-corrected chi connectivity index (χ4v) is 0. The lowest BCUT2D eigenvalue weighted by Gasteiger charge is -1.24. The van der Waals surface area contributed by atoms with Crippen LogP contribution in [0.4, 0.5) is 0 Å². The maximum absolute atomic E-state index is 7.10. The van der Waals surface area contributed by atoms with Gasteiger partial charge in [-0.2, -0.15) is 5.26 Å². The molecule has 0 aliphatic heterocycles. The van der Waals surface area contributed by atoms with E-state index in [1.54, 1.807) is 0 Å². The van der Waals surface area contributed by atoms with Gasteiger partial charge in [0, 0.05) is 11.0 Å². The molecule has 0 aliphatic rings. The summed E-state index contributed by atoms with van der Waals surface area (Å²) in [5.74, 6) is 0. The molecule has 2 N–H and O–H groups in total. The molecule has 0 spiro atoms. The minimum atomic E-state index is 0. The first kappa shape index (κ1) is 24.4. The molecule has 0 heterocycles. The molecule has 0 saturated heterocycles. The van der Waals surface area contributed by atoms with Crippen LogP contribution in [0.25, 0.3) is 0 Å². The lowest BCUT2D eigenvalue weighted by molar-refractivity contribution is 1.45. The summed E-state index contributed by atoms with van der Waals surface area (Å²) < 4.78 is 0. The van der Waals surface area contributed by atoms with Crippen LogP contribution in [0.2, 0.25) is 0 Å². The zero-order valence-corrected chi connectivity index (χ0v) is 3.02. The largest absolute Gasteiger partial charge is 0.337 e. The van der Waals surface area contributed by atoms with Gasteiger partial charge in [-0.3, -0.25) is 0 Å². The SMILES string of the molecule is C.N#CN.[Si]. The van der Waals surface area contributed by atoms with Gasteiger partial charge in [-0.1, -0.05) is 7.43 Å². The molecular formula is C2H6N2Si. The standard InChI is InChI=1S/CH2N2.CH4.Si/c2-1-3;;/h2H2;1H4;. The third-order valence-electron chi connectivity index (χ3n) is 0. The number of nitriles is 1. The molecular weight excluding hydrogens is 80.1 g/mol. The molecule has 0 aromatic carbocycles. The van der Waals surface area contributed by atoms with E-state index >= 15 is 0 Å². The quantitative estimate of drug-likeness (QED) is 0.249. The molecule has 0 rings (SSSR count). The highest BCUT2D eigenvalue weighted by atomic mass is 28.1. The van der Waals surface area contributed by atoms with Gasteiger partial charge < -0.3 is 5.73 Å². The molecule has 28 valence electrons. The lowest BCUT2D eigenvalue weighted by atomic mass is 11.5. The molecule has 2 nitrogen and oxygen atoms in total. The summed E-state index contributed by atoms with van der Waals surface area (Å²) >= 11 is 0. The predicted octanol–water partition coefficient (Wildman–Crippen LogP) is -0.319. The second-order valence-corrected chi connectivity index (χ2v) is 0.129. The van der Waals surface area contributed by atoms with Crippen LogP contribution in [0.15, 0.2) is 0 Å². The van der Waals surface area contributed by atoms with Crippen LogP contribution in [-0.2, 0) is 0 Å². The summed E-state index contributed by atoms with van der Waals surface area (Å²) in [5, 5.41) is 7.10. The number of hydrogen-bond donors (Lipinski definition) is 1. The van der Waals surface area contributed by atoms with Crippen LogP contribution in [0, 0.1) is 11.5 Å². The van der Waals surface area contributed by atoms with Gasteiger partial charge in [0.05, 0.1) is 0 Å². The molecule has 0 aromatic heterocycles. The topological polar surface area (TPSA) is 49.8 Å². The Hall–Kier alpha value is -0.493. The Morgan fingerprint density at radius 3 is 1.60 bits per heavy atom. The smallest absolute Gasteiger partial charge is 0.173 e. The Morgan fingerprint density at radius 1 is 1.60 bits per heavy atom. The Labute approximate surface area is 36.6 Å². The molecule has 0 bridgehead atoms. The summed E-state index contributed by atoms with van der Waals surface area (Å²) in [7, 11) is 0. The highest BCUT2D eigenvalue weighted by Crippen LogP contribution is 0.900. The first-order chi connectivity index (χ1) is 1.41. The van der Waals surface area contributed by atoms with Gasteiger partial charge in [-0.05, 0) is 0 Å². The van der Waals surface area contributed by atoms with E-state index in [4.69, 9.17) is 5.26 Å². The van der Waals surface area contributed by atoms with Crippen molar-refractivity contribution in [1.82, 2.24) is 0 Å². The zero-order chi connectivity index (χ0) is 2.71. The third kappa shape index (κ3) is 32.7. The van der Waals surface area contributed by atoms with E-state index in [2.05, 4.69) is 5.73 Å². The lowest BCUT2D eigenvalue weighted by Crippen LogP contribution is -1.69. The van der Waals surface area contributed by atoms with Gasteiger partial charge in [-0.25, -0.2) is 0 Å². The van der Waals surface area contributed by atoms with Crippen molar-refractivity contribution in [2.24, 2.45) is 5.73 Å². The molecule has 0 aliphatic carbocycles. The highest BCUT2D eigenvalue weighted by molar-refractivity contribution is 5.75. The van der Waals surface area contributed by atoms with E-state index < -0.39 is 0 Å². The molecule has 0 fully saturated rings. The number of rotatable bonds is 0. The van der Waals surface area contributed by atoms with E-state index in [0.29, 0.717) is 0 Å². The van der Waals surface area contributed by atoms with Gasteiger partial charge in [0.1, 0.15) is 0 Å². The Morgan fingerprint density at radius 2 is 1.60 bits per heavy atom. The number of hydrogen-bond acceptors (Lipinski definition) is 2. The zero-order valence-electron chi connectivity index (χ0n) is 2.02. The van der Waals surface area contributed by atoms with E-state index in [1.807, 2.05) is 0 Å². The van der Waals surface area contributed by atoms with Crippen molar-refractivity contribution >= 4 is 11.0 Å². The van der Waals surface area contributed by atoms with Gasteiger partial charge >= 0.3 is 0 Å². The van der Waals surface area contributed by atoms with Crippen molar-refractivity contribution in [3.8, 4) is 6.19 Å². The summed E-state index contributed by atoms with van der Waals surface area (Å²) in [6.45, 7) is 0. The van der Waals surface area contributed by atoms with Crippen LogP contribution in [0.5, 0.6) is 0 Å². The molecule has 0 aromatic rings. The van der Waals surface area contributed by atoms with Crippen LogP contribution >= 0.6 is 0 Å². The van der Waals surface area contributed by atoms with Crippen molar-refractivity contribution in [2.75, 3.05) is 0 Å². The van der Waals surface area contributed by atoms with Crippen molar-refractivity contribution in [3.63, 3.8) is 0 Å². The van der Waals surface area contributed by atoms with Crippen LogP contribution in [-0.4, -0.2) is 11.0 Å². The van der Waals surface area contributed by atoms with E-state index in [1.165, 1.54) is 6.19 Å². The number of nitrogens with two attached hydrogens (primary N) is 1. The normalized spacial score (nSPS) is 1.40. The van der Waals surface area contributed by atoms with Crippen molar-refractivity contribution in [3.05, 3.63) is 0 Å². The molecule has 0 amide bonds. The van der Waals surface area contributed by atoms with Gasteiger partial charge in [0.2, 0.25) is 0 Å². The first-order valence-electron chi connectivity index (χ1n) is 0.512. The van der Waals surface area contributed by atoms with Gasteiger partial charge in [0.15, 0.2) is 6.19 Å². The fraction of sp³-hybridized carbons (Fsp3) is 0.500. The maximum Gasteiger partial charge on any atom is 0.173 e. The molecule has 0 unspecified atom stereocenters. The van der Waals surface area contributed by atoms with Gasteiger partial charge in [-0.15, -0.1) is 0 Å². The average Bonchev–Trinajstić information content (AvgIpc) is 0.918. The average molecular weight is 86.2 g/mol. The molecule has 5 heavy (non-hydrogen) atoms. The maximum atomic E-state index is 7.10. The third-order valence-corrected chi connectivity index (χ3v) is 0. The molecule has 3 heteroatoms. The molecule has 0 atom stereocenters. The Balaban J connectivity index is -0.0000000200. The first-order valence-corrected chi connectivity index (χ1v) is 0.512. The van der Waals surface area contributed by atoms with Crippen LogP contribution in [0.1, 0.15) is 7.43 Å². The summed E-state index contributed by atoms with van der Waals surface area (Å²) in [4.78, 5) is 0. The summed E-state index contributed by atoms with van der Waals surface area (Å²) in [6, 6.07) is 0. The number of nitrogens with zero attached hydrogens (tertiary/aromatic N) is 1. The monoisotopic (exact) mass is 86.0 g/mol. The summed E-state index contributed by atoms with van der Waals surface area (Å²) in [5.41, 5.74) is 4.15. The van der Waals surface area contributed by atoms with Crippen molar-refractivity contribution in [1.29, 1.82) is 5.26 Å². The van der Waals surface area contributed by atoms with E-state index in [9.17, 15) is 0 Å². The molecule has 4 radical (unpaired) electrons. The fourth-order valence-electron chi connectivity index (χ4n) is 0. The minimum absolute atomic E-state index is 0. The van der Waals surface area contributed by atoms with Crippen LogP contribution in [0.3, 0.4) is 0 Å². The van der Waals surface area contributed by atoms with Crippen molar-refractivity contribution in [2.45, 2.75) is 7.43 Å². The highest BCUT2D eigenvalue weighted by Gasteiger charge is 1.12. The Bertz CT molecular complexity index is 29.1. The van der Waals surface area contributed by atoms with Crippen LogP contribution < -0.4 is 5.73 Å². The van der Waals surface area contributed by atoms with E-state index in [-0.39, 0.29) is 18.4 Å². The second kappa shape index (κ2) is 85.8. The Kier molecular flexibility index (Phi) is 419. The minimum Gasteiger partial charge on any atom is -0.337 e. The molecule has 0 saturated carbocycles. The van der Waals surface area contributed by atoms with E-state index in [0.717, 1.165) is 0 Å². The predicted molar refractivity (Wildman–Crippen MR) is 22.3 cm³/mol. The van der Waals surface area contributed by atoms with Gasteiger partial charge in [0.25, 0.3) is 0 Å². The second-order valence-electron chi connectivity index (χ2n) is 0.129. The summed E-state index contributed by atoms with van der Waals surface area (Å²) in [6.07, 6.45) is 1.25.